The van der Waals surface area contributed by atoms with E-state index in [4.69, 9.17) is 32.4 Å². The van der Waals surface area contributed by atoms with Gasteiger partial charge in [0, 0.05) is 28.7 Å². The zero-order valence-electron chi connectivity index (χ0n) is 13.3. The van der Waals surface area contributed by atoms with Crippen LogP contribution in [-0.2, 0) is 4.74 Å². The van der Waals surface area contributed by atoms with E-state index in [1.807, 2.05) is 7.05 Å². The Morgan fingerprint density at radius 1 is 1.20 bits per heavy atom. The van der Waals surface area contributed by atoms with Gasteiger partial charge in [-0.3, -0.25) is 4.90 Å². The molecule has 1 fully saturated rings. The number of oxazole rings is 1. The lowest BCUT2D eigenvalue weighted by molar-refractivity contribution is -0.0211. The number of benzene rings is 2. The van der Waals surface area contributed by atoms with Crippen LogP contribution in [0.1, 0.15) is 10.4 Å². The Labute approximate surface area is 154 Å². The number of hydrogen-bond acceptors (Lipinski definition) is 5. The summed E-state index contributed by atoms with van der Waals surface area (Å²) >= 11 is 12.0. The summed E-state index contributed by atoms with van der Waals surface area (Å²) in [7, 11) is 1.98. The van der Waals surface area contributed by atoms with Gasteiger partial charge in [-0.2, -0.15) is 0 Å². The van der Waals surface area contributed by atoms with E-state index in [0.29, 0.717) is 38.2 Å². The van der Waals surface area contributed by atoms with Crippen molar-refractivity contribution < 1.29 is 13.9 Å². The van der Waals surface area contributed by atoms with Gasteiger partial charge in [-0.25, -0.2) is 9.78 Å². The SMILES string of the molecule is CN1CC(OC(=O)c2ccc3nc(-c4cc(Cl)cc(Cl)c4)oc3c2)C1. The number of ether oxygens (including phenoxy) is 1. The summed E-state index contributed by atoms with van der Waals surface area (Å²) in [5.41, 5.74) is 2.27. The van der Waals surface area contributed by atoms with E-state index in [-0.39, 0.29) is 12.1 Å². The summed E-state index contributed by atoms with van der Waals surface area (Å²) in [5, 5.41) is 0.999. The van der Waals surface area contributed by atoms with Crippen molar-refractivity contribution in [3.05, 3.63) is 52.0 Å². The number of halogens is 2. The minimum absolute atomic E-state index is 0.0490. The first kappa shape index (κ1) is 16.4. The van der Waals surface area contributed by atoms with Crippen molar-refractivity contribution in [1.82, 2.24) is 9.88 Å². The van der Waals surface area contributed by atoms with Gasteiger partial charge in [0.1, 0.15) is 11.6 Å². The van der Waals surface area contributed by atoms with Crippen LogP contribution in [0.2, 0.25) is 10.0 Å². The highest BCUT2D eigenvalue weighted by atomic mass is 35.5. The topological polar surface area (TPSA) is 55.6 Å². The number of aromatic nitrogens is 1. The number of esters is 1. The van der Waals surface area contributed by atoms with Crippen LogP contribution in [0.5, 0.6) is 0 Å². The van der Waals surface area contributed by atoms with Gasteiger partial charge in [-0.05, 0) is 43.4 Å². The summed E-state index contributed by atoms with van der Waals surface area (Å²) < 4.78 is 11.2. The smallest absolute Gasteiger partial charge is 0.338 e. The molecule has 0 saturated carbocycles. The van der Waals surface area contributed by atoms with Gasteiger partial charge >= 0.3 is 5.97 Å². The highest BCUT2D eigenvalue weighted by molar-refractivity contribution is 6.35. The summed E-state index contributed by atoms with van der Waals surface area (Å²) in [6, 6.07) is 10.1. The number of rotatable bonds is 3. The molecule has 5 nitrogen and oxygen atoms in total. The number of fused-ring (bicyclic) bond motifs is 1. The zero-order valence-corrected chi connectivity index (χ0v) is 14.8. The van der Waals surface area contributed by atoms with Crippen LogP contribution < -0.4 is 0 Å². The molecule has 0 aliphatic carbocycles. The highest BCUT2D eigenvalue weighted by Crippen LogP contribution is 2.29. The lowest BCUT2D eigenvalue weighted by atomic mass is 10.1. The molecule has 0 bridgehead atoms. The number of carbonyl (C=O) groups is 1. The second-order valence-corrected chi connectivity index (χ2v) is 6.98. The molecule has 25 heavy (non-hydrogen) atoms. The highest BCUT2D eigenvalue weighted by Gasteiger charge is 2.27. The predicted molar refractivity (Wildman–Crippen MR) is 96.2 cm³/mol. The molecule has 4 rings (SSSR count). The van der Waals surface area contributed by atoms with Crippen molar-refractivity contribution in [3.63, 3.8) is 0 Å². The van der Waals surface area contributed by atoms with Crippen LogP contribution in [0.25, 0.3) is 22.6 Å². The van der Waals surface area contributed by atoms with Crippen molar-refractivity contribution in [2.75, 3.05) is 20.1 Å². The Kier molecular flexibility index (Phi) is 4.15. The Hall–Kier alpha value is -2.08. The van der Waals surface area contributed by atoms with E-state index in [1.165, 1.54) is 0 Å². The lowest BCUT2D eigenvalue weighted by Gasteiger charge is -2.35. The summed E-state index contributed by atoms with van der Waals surface area (Å²) in [4.78, 5) is 18.7. The third kappa shape index (κ3) is 3.35. The zero-order chi connectivity index (χ0) is 17.6. The Bertz CT molecular complexity index is 944. The second-order valence-electron chi connectivity index (χ2n) is 6.11. The van der Waals surface area contributed by atoms with E-state index in [0.717, 1.165) is 13.1 Å². The molecule has 128 valence electrons. The van der Waals surface area contributed by atoms with E-state index >= 15 is 0 Å². The fourth-order valence-electron chi connectivity index (χ4n) is 2.79. The molecule has 7 heteroatoms. The Morgan fingerprint density at radius 3 is 2.60 bits per heavy atom. The Balaban J connectivity index is 1.61. The van der Waals surface area contributed by atoms with E-state index in [9.17, 15) is 4.79 Å². The van der Waals surface area contributed by atoms with Gasteiger partial charge in [-0.15, -0.1) is 0 Å². The van der Waals surface area contributed by atoms with E-state index < -0.39 is 0 Å². The molecule has 0 atom stereocenters. The predicted octanol–water partition coefficient (Wildman–Crippen LogP) is 4.27. The maximum Gasteiger partial charge on any atom is 0.338 e. The van der Waals surface area contributed by atoms with Crippen molar-refractivity contribution >= 4 is 40.3 Å². The molecule has 2 heterocycles. The molecule has 1 saturated heterocycles. The van der Waals surface area contributed by atoms with E-state index in [2.05, 4.69) is 9.88 Å². The first-order valence-corrected chi connectivity index (χ1v) is 8.50. The minimum atomic E-state index is -0.358. The van der Waals surface area contributed by atoms with Crippen LogP contribution in [0.4, 0.5) is 0 Å². The van der Waals surface area contributed by atoms with Gasteiger partial charge in [0.2, 0.25) is 5.89 Å². The van der Waals surface area contributed by atoms with Crippen LogP contribution in [0.15, 0.2) is 40.8 Å². The largest absolute Gasteiger partial charge is 0.456 e. The second kappa shape index (κ2) is 6.33. The maximum atomic E-state index is 12.2. The molecule has 2 aromatic carbocycles. The Morgan fingerprint density at radius 2 is 1.92 bits per heavy atom. The van der Waals surface area contributed by atoms with Crippen LogP contribution in [0, 0.1) is 0 Å². The molecule has 1 aliphatic heterocycles. The quantitative estimate of drug-likeness (QED) is 0.638. The number of likely N-dealkylation sites (tertiary alicyclic amines) is 1. The van der Waals surface area contributed by atoms with Gasteiger partial charge in [0.15, 0.2) is 5.58 Å². The molecule has 0 radical (unpaired) electrons. The van der Waals surface area contributed by atoms with Crippen LogP contribution >= 0.6 is 23.2 Å². The maximum absolute atomic E-state index is 12.2. The van der Waals surface area contributed by atoms with Gasteiger partial charge in [0.05, 0.1) is 5.56 Å². The molecular weight excluding hydrogens is 363 g/mol. The standard InChI is InChI=1S/C18H14Cl2N2O3/c1-22-8-14(9-22)24-18(23)10-2-3-15-16(6-10)25-17(21-15)11-4-12(19)7-13(20)5-11/h2-7,14H,8-9H2,1H3. The number of likely N-dealkylation sites (N-methyl/N-ethyl adjacent to an activating group) is 1. The average molecular weight is 377 g/mol. The average Bonchev–Trinajstić information content (AvgIpc) is 2.95. The molecule has 0 N–H and O–H groups in total. The third-order valence-corrected chi connectivity index (χ3v) is 4.47. The number of hydrogen-bond donors (Lipinski definition) is 0. The molecule has 1 aliphatic rings. The molecular formula is C18H14Cl2N2O3. The summed E-state index contributed by atoms with van der Waals surface area (Å²) in [5.74, 6) is 0.0364. The minimum Gasteiger partial charge on any atom is -0.456 e. The number of carbonyl (C=O) groups excluding carboxylic acids is 1. The molecule has 0 amide bonds. The summed E-state index contributed by atoms with van der Waals surface area (Å²) in [6.07, 6.45) is -0.0490. The first-order chi connectivity index (χ1) is 12.0. The lowest BCUT2D eigenvalue weighted by Crippen LogP contribution is -2.50. The fraction of sp³-hybridized carbons (Fsp3) is 0.222. The molecule has 0 spiro atoms. The van der Waals surface area contributed by atoms with Gasteiger partial charge in [-0.1, -0.05) is 23.2 Å². The van der Waals surface area contributed by atoms with Crippen LogP contribution in [-0.4, -0.2) is 42.1 Å². The first-order valence-electron chi connectivity index (χ1n) is 7.74. The molecule has 0 unspecified atom stereocenters. The number of nitrogens with zero attached hydrogens (tertiary/aromatic N) is 2. The van der Waals surface area contributed by atoms with Gasteiger partial charge in [0.25, 0.3) is 0 Å². The third-order valence-electron chi connectivity index (χ3n) is 4.04. The van der Waals surface area contributed by atoms with Crippen molar-refractivity contribution in [3.8, 4) is 11.5 Å². The van der Waals surface area contributed by atoms with Crippen molar-refractivity contribution in [1.29, 1.82) is 0 Å². The van der Waals surface area contributed by atoms with Gasteiger partial charge < -0.3 is 9.15 Å². The molecule has 1 aromatic heterocycles. The van der Waals surface area contributed by atoms with Crippen LogP contribution in [0.3, 0.4) is 0 Å². The normalized spacial score (nSPS) is 15.3. The summed E-state index contributed by atoms with van der Waals surface area (Å²) in [6.45, 7) is 1.52. The van der Waals surface area contributed by atoms with Crippen molar-refractivity contribution in [2.45, 2.75) is 6.10 Å². The fourth-order valence-corrected chi connectivity index (χ4v) is 3.31. The molecule has 3 aromatic rings. The van der Waals surface area contributed by atoms with E-state index in [1.54, 1.807) is 36.4 Å². The van der Waals surface area contributed by atoms with Crippen molar-refractivity contribution in [2.24, 2.45) is 0 Å². The monoisotopic (exact) mass is 376 g/mol.